The molecule has 1 aliphatic carbocycles. The molecule has 2 aliphatic heterocycles. The minimum Gasteiger partial charge on any atom is -0.340 e. The molecule has 0 N–H and O–H groups in total. The van der Waals surface area contributed by atoms with Crippen LogP contribution in [-0.2, 0) is 26.3 Å². The fourth-order valence-electron chi connectivity index (χ4n) is 6.01. The molecule has 3 heterocycles. The maximum Gasteiger partial charge on any atom is 0.241 e. The zero-order valence-electron chi connectivity index (χ0n) is 20.3. The van der Waals surface area contributed by atoms with Gasteiger partial charge in [0.15, 0.2) is 0 Å². The van der Waals surface area contributed by atoms with Crippen LogP contribution in [0.1, 0.15) is 56.1 Å². The third-order valence-corrected chi connectivity index (χ3v) is 8.04. The lowest BCUT2D eigenvalue weighted by molar-refractivity contribution is -0.143. The van der Waals surface area contributed by atoms with Crippen molar-refractivity contribution in [3.05, 3.63) is 66.0 Å². The molecule has 35 heavy (non-hydrogen) atoms. The smallest absolute Gasteiger partial charge is 0.241 e. The molecular weight excluding hydrogens is 440 g/mol. The van der Waals surface area contributed by atoms with Gasteiger partial charge in [-0.1, -0.05) is 49.6 Å². The summed E-state index contributed by atoms with van der Waals surface area (Å²) in [5.74, 6) is -0.547. The Morgan fingerprint density at radius 3 is 2.29 bits per heavy atom. The van der Waals surface area contributed by atoms with E-state index in [0.29, 0.717) is 19.1 Å². The average molecular weight is 475 g/mol. The Hall–Kier alpha value is -3.06. The summed E-state index contributed by atoms with van der Waals surface area (Å²) >= 11 is 0. The molecule has 1 saturated carbocycles. The second kappa shape index (κ2) is 10.3. The molecule has 1 aromatic carbocycles. The van der Waals surface area contributed by atoms with E-state index in [1.165, 1.54) is 37.0 Å². The van der Waals surface area contributed by atoms with Gasteiger partial charge >= 0.3 is 0 Å². The van der Waals surface area contributed by atoms with E-state index in [2.05, 4.69) is 9.88 Å². The Labute approximate surface area is 207 Å². The van der Waals surface area contributed by atoms with Crippen molar-refractivity contribution in [2.75, 3.05) is 26.2 Å². The predicted octanol–water partition coefficient (Wildman–Crippen LogP) is 3.15. The molecule has 3 amide bonds. The van der Waals surface area contributed by atoms with Gasteiger partial charge < -0.3 is 4.90 Å². The number of aromatic nitrogens is 1. The lowest BCUT2D eigenvalue weighted by atomic mass is 9.75. The van der Waals surface area contributed by atoms with Gasteiger partial charge in [0.25, 0.3) is 0 Å². The van der Waals surface area contributed by atoms with Crippen molar-refractivity contribution in [2.45, 2.75) is 62.9 Å². The van der Waals surface area contributed by atoms with E-state index in [1.807, 2.05) is 35.2 Å². The Bertz CT molecular complexity index is 1050. The second-order valence-corrected chi connectivity index (χ2v) is 10.2. The van der Waals surface area contributed by atoms with Crippen molar-refractivity contribution in [2.24, 2.45) is 0 Å². The fourth-order valence-corrected chi connectivity index (χ4v) is 6.01. The molecule has 3 aliphatic rings. The van der Waals surface area contributed by atoms with Gasteiger partial charge in [-0.05, 0) is 36.1 Å². The van der Waals surface area contributed by atoms with Crippen molar-refractivity contribution in [3.63, 3.8) is 0 Å². The van der Waals surface area contributed by atoms with Gasteiger partial charge in [0.1, 0.15) is 0 Å². The van der Waals surface area contributed by atoms with E-state index in [-0.39, 0.29) is 37.1 Å². The number of benzene rings is 1. The summed E-state index contributed by atoms with van der Waals surface area (Å²) in [6.45, 7) is 3.33. The molecule has 1 aromatic heterocycles. The quantitative estimate of drug-likeness (QED) is 0.602. The molecule has 3 fully saturated rings. The maximum absolute atomic E-state index is 13.8. The van der Waals surface area contributed by atoms with Crippen LogP contribution in [0.25, 0.3) is 0 Å². The second-order valence-electron chi connectivity index (χ2n) is 10.2. The number of nitrogens with zero attached hydrogens (tertiary/aromatic N) is 4. The van der Waals surface area contributed by atoms with Crippen LogP contribution in [0.3, 0.4) is 0 Å². The number of likely N-dealkylation sites (tertiary alicyclic amines) is 1. The number of carbonyl (C=O) groups is 3. The Morgan fingerprint density at radius 1 is 0.914 bits per heavy atom. The average Bonchev–Trinajstić information content (AvgIpc) is 3.15. The molecule has 2 saturated heterocycles. The first-order valence-electron chi connectivity index (χ1n) is 12.9. The number of amides is 3. The number of hydrogen-bond donors (Lipinski definition) is 0. The zero-order valence-corrected chi connectivity index (χ0v) is 20.3. The van der Waals surface area contributed by atoms with E-state index in [0.717, 1.165) is 24.2 Å². The van der Waals surface area contributed by atoms with E-state index in [1.54, 1.807) is 24.5 Å². The van der Waals surface area contributed by atoms with Crippen LogP contribution < -0.4 is 0 Å². The van der Waals surface area contributed by atoms with E-state index >= 15 is 0 Å². The van der Waals surface area contributed by atoms with Crippen LogP contribution in [0.5, 0.6) is 0 Å². The monoisotopic (exact) mass is 474 g/mol. The minimum absolute atomic E-state index is 0.0225. The molecule has 7 nitrogen and oxygen atoms in total. The van der Waals surface area contributed by atoms with E-state index in [4.69, 9.17) is 0 Å². The molecular formula is C28H34N4O3. The Morgan fingerprint density at radius 2 is 1.60 bits per heavy atom. The summed E-state index contributed by atoms with van der Waals surface area (Å²) in [5, 5.41) is 0. The number of hydrogen-bond acceptors (Lipinski definition) is 5. The van der Waals surface area contributed by atoms with Gasteiger partial charge in [0.05, 0.1) is 12.0 Å². The van der Waals surface area contributed by atoms with Gasteiger partial charge in [-0.25, -0.2) is 0 Å². The van der Waals surface area contributed by atoms with Crippen LogP contribution in [0.4, 0.5) is 0 Å². The maximum atomic E-state index is 13.8. The summed E-state index contributed by atoms with van der Waals surface area (Å²) in [6, 6.07) is 13.6. The molecule has 0 spiro atoms. The van der Waals surface area contributed by atoms with Crippen LogP contribution >= 0.6 is 0 Å². The summed E-state index contributed by atoms with van der Waals surface area (Å²) < 4.78 is 0. The molecule has 2 aromatic rings. The van der Waals surface area contributed by atoms with Crippen LogP contribution in [0.15, 0.2) is 54.9 Å². The molecule has 5 rings (SSSR count). The molecule has 184 valence electrons. The number of pyridine rings is 1. The highest BCUT2D eigenvalue weighted by molar-refractivity contribution is 6.10. The normalized spacial score (nSPS) is 24.2. The third-order valence-electron chi connectivity index (χ3n) is 8.04. The van der Waals surface area contributed by atoms with Crippen molar-refractivity contribution in [3.8, 4) is 0 Å². The SMILES string of the molecule is O=C(CC1(c2ccccc2)CC(=O)N(Cc2ccncc2)C1=O)N1CCN(C2CCCCC2)CC1. The van der Waals surface area contributed by atoms with Crippen LogP contribution in [0.2, 0.25) is 0 Å². The van der Waals surface area contributed by atoms with Crippen molar-refractivity contribution >= 4 is 17.7 Å². The first kappa shape index (κ1) is 23.7. The summed E-state index contributed by atoms with van der Waals surface area (Å²) in [6.07, 6.45) is 9.81. The summed E-state index contributed by atoms with van der Waals surface area (Å²) in [5.41, 5.74) is 0.434. The van der Waals surface area contributed by atoms with Gasteiger partial charge in [0.2, 0.25) is 17.7 Å². The highest BCUT2D eigenvalue weighted by Crippen LogP contribution is 2.41. The zero-order chi connectivity index (χ0) is 24.3. The fraction of sp³-hybridized carbons (Fsp3) is 0.500. The largest absolute Gasteiger partial charge is 0.340 e. The highest BCUT2D eigenvalue weighted by Gasteiger charge is 2.54. The van der Waals surface area contributed by atoms with Crippen molar-refractivity contribution < 1.29 is 14.4 Å². The van der Waals surface area contributed by atoms with Crippen molar-refractivity contribution in [1.82, 2.24) is 19.7 Å². The minimum atomic E-state index is -1.15. The van der Waals surface area contributed by atoms with Gasteiger partial charge in [0, 0.05) is 57.5 Å². The standard InChI is InChI=1S/C28H34N4O3/c33-25(31-17-15-30(16-18-31)24-9-5-2-6-10-24)19-28(23-7-3-1-4-8-23)20-26(34)32(27(28)35)21-22-11-13-29-14-12-22/h1,3-4,7-8,11-14,24H,2,5-6,9-10,15-21H2. The summed E-state index contributed by atoms with van der Waals surface area (Å²) in [7, 11) is 0. The van der Waals surface area contributed by atoms with E-state index < -0.39 is 5.41 Å². The van der Waals surface area contributed by atoms with Gasteiger partial charge in [-0.3, -0.25) is 29.2 Å². The van der Waals surface area contributed by atoms with Crippen LogP contribution in [-0.4, -0.2) is 69.6 Å². The molecule has 0 radical (unpaired) electrons. The third kappa shape index (κ3) is 4.87. The first-order valence-corrected chi connectivity index (χ1v) is 12.9. The van der Waals surface area contributed by atoms with E-state index in [9.17, 15) is 14.4 Å². The number of rotatable bonds is 6. The molecule has 1 atom stereocenters. The lowest BCUT2D eigenvalue weighted by Gasteiger charge is -2.41. The lowest BCUT2D eigenvalue weighted by Crippen LogP contribution is -2.53. The van der Waals surface area contributed by atoms with Crippen LogP contribution in [0, 0.1) is 0 Å². The Balaban J connectivity index is 1.32. The number of carbonyl (C=O) groups excluding carboxylic acids is 3. The predicted molar refractivity (Wildman–Crippen MR) is 132 cm³/mol. The summed E-state index contributed by atoms with van der Waals surface area (Å²) in [4.78, 5) is 50.3. The number of piperazine rings is 1. The molecule has 7 heteroatoms. The first-order chi connectivity index (χ1) is 17.1. The highest BCUT2D eigenvalue weighted by atomic mass is 16.2. The molecule has 1 unspecified atom stereocenters. The van der Waals surface area contributed by atoms with Crippen molar-refractivity contribution in [1.29, 1.82) is 0 Å². The van der Waals surface area contributed by atoms with Gasteiger partial charge in [-0.15, -0.1) is 0 Å². The van der Waals surface area contributed by atoms with Gasteiger partial charge in [-0.2, -0.15) is 0 Å². The number of imide groups is 1. The Kier molecular flexibility index (Phi) is 6.95. The molecule has 0 bridgehead atoms. The topological polar surface area (TPSA) is 73.8 Å².